The number of thioether (sulfide) groups is 1. The number of hydrogen-bond acceptors (Lipinski definition) is 3. The fraction of sp³-hybridized carbons (Fsp3) is 0.222. The molecule has 5 heteroatoms. The predicted octanol–water partition coefficient (Wildman–Crippen LogP) is 3.43. The minimum absolute atomic E-state index is 0.00935. The minimum atomic E-state index is -0.213. The Kier molecular flexibility index (Phi) is 5.82. The lowest BCUT2D eigenvalue weighted by Gasteiger charge is -2.17. The van der Waals surface area contributed by atoms with Gasteiger partial charge in [-0.1, -0.05) is 29.8 Å². The first-order chi connectivity index (χ1) is 11.0. The third-order valence-electron chi connectivity index (χ3n) is 3.41. The highest BCUT2D eigenvalue weighted by Gasteiger charge is 2.15. The second-order valence-corrected chi connectivity index (χ2v) is 6.12. The number of hydrogen-bond donors (Lipinski definition) is 1. The zero-order valence-corrected chi connectivity index (χ0v) is 14.3. The van der Waals surface area contributed by atoms with Gasteiger partial charge in [0.15, 0.2) is 0 Å². The highest BCUT2D eigenvalue weighted by atomic mass is 32.2. The summed E-state index contributed by atoms with van der Waals surface area (Å²) in [7, 11) is 1.63. The average molecular weight is 328 g/mol. The Morgan fingerprint density at radius 2 is 1.74 bits per heavy atom. The zero-order valence-electron chi connectivity index (χ0n) is 13.5. The first kappa shape index (κ1) is 17.1. The van der Waals surface area contributed by atoms with Crippen molar-refractivity contribution in [3.05, 3.63) is 59.7 Å². The summed E-state index contributed by atoms with van der Waals surface area (Å²) in [6.45, 7) is 1.98. The smallest absolute Gasteiger partial charge is 0.254 e. The van der Waals surface area contributed by atoms with E-state index in [4.69, 9.17) is 0 Å². The molecule has 0 radical (unpaired) electrons. The van der Waals surface area contributed by atoms with Crippen LogP contribution in [0.25, 0.3) is 0 Å². The molecule has 0 aliphatic rings. The summed E-state index contributed by atoms with van der Waals surface area (Å²) >= 11 is 1.57. The molecule has 2 aromatic carbocycles. The molecule has 0 heterocycles. The molecule has 23 heavy (non-hydrogen) atoms. The monoisotopic (exact) mass is 328 g/mol. The number of rotatable bonds is 5. The van der Waals surface area contributed by atoms with Crippen LogP contribution in [0.2, 0.25) is 0 Å². The van der Waals surface area contributed by atoms with Crippen molar-refractivity contribution in [2.75, 3.05) is 25.2 Å². The van der Waals surface area contributed by atoms with Gasteiger partial charge in [0.2, 0.25) is 5.91 Å². The number of carbonyl (C=O) groups excluding carboxylic acids is 2. The van der Waals surface area contributed by atoms with Crippen molar-refractivity contribution in [3.8, 4) is 0 Å². The molecular formula is C18H20N2O2S. The molecule has 0 bridgehead atoms. The number of anilines is 1. The van der Waals surface area contributed by atoms with Gasteiger partial charge in [0.25, 0.3) is 5.91 Å². The van der Waals surface area contributed by atoms with Crippen molar-refractivity contribution >= 4 is 29.3 Å². The lowest BCUT2D eigenvalue weighted by atomic mass is 10.1. The minimum Gasteiger partial charge on any atom is -0.332 e. The summed E-state index contributed by atoms with van der Waals surface area (Å²) in [4.78, 5) is 26.9. The Labute approximate surface area is 140 Å². The van der Waals surface area contributed by atoms with Crippen LogP contribution in [0.4, 0.5) is 5.69 Å². The fourth-order valence-corrected chi connectivity index (χ4v) is 2.70. The molecule has 120 valence electrons. The van der Waals surface area contributed by atoms with Gasteiger partial charge in [0, 0.05) is 17.5 Å². The van der Waals surface area contributed by atoms with Gasteiger partial charge in [-0.3, -0.25) is 9.59 Å². The van der Waals surface area contributed by atoms with Gasteiger partial charge in [-0.05, 0) is 37.4 Å². The lowest BCUT2D eigenvalue weighted by molar-refractivity contribution is -0.116. The van der Waals surface area contributed by atoms with Crippen LogP contribution in [0.1, 0.15) is 15.9 Å². The molecule has 4 nitrogen and oxygen atoms in total. The number of aryl methyl sites for hydroxylation is 1. The number of amides is 2. The second kappa shape index (κ2) is 7.83. The van der Waals surface area contributed by atoms with E-state index in [1.54, 1.807) is 30.9 Å². The molecule has 0 saturated heterocycles. The van der Waals surface area contributed by atoms with Crippen molar-refractivity contribution in [3.63, 3.8) is 0 Å². The van der Waals surface area contributed by atoms with E-state index in [9.17, 15) is 9.59 Å². The van der Waals surface area contributed by atoms with Gasteiger partial charge in [0.1, 0.15) is 0 Å². The molecule has 0 saturated carbocycles. The third-order valence-corrected chi connectivity index (χ3v) is 4.20. The first-order valence-corrected chi connectivity index (χ1v) is 8.48. The Morgan fingerprint density at radius 3 is 2.39 bits per heavy atom. The Balaban J connectivity index is 1.99. The summed E-state index contributed by atoms with van der Waals surface area (Å²) in [6, 6.07) is 14.9. The summed E-state index contributed by atoms with van der Waals surface area (Å²) in [5.41, 5.74) is 2.44. The van der Waals surface area contributed by atoms with Crippen molar-refractivity contribution in [1.29, 1.82) is 0 Å². The number of nitrogens with one attached hydrogen (secondary N) is 1. The van der Waals surface area contributed by atoms with Crippen LogP contribution in [0, 0.1) is 6.92 Å². The first-order valence-electron chi connectivity index (χ1n) is 7.26. The maximum absolute atomic E-state index is 12.3. The summed E-state index contributed by atoms with van der Waals surface area (Å²) in [5.74, 6) is -0.382. The summed E-state index contributed by atoms with van der Waals surface area (Å²) in [5, 5.41) is 2.85. The largest absolute Gasteiger partial charge is 0.332 e. The van der Waals surface area contributed by atoms with E-state index in [-0.39, 0.29) is 18.4 Å². The molecule has 2 aromatic rings. The predicted molar refractivity (Wildman–Crippen MR) is 95.0 cm³/mol. The Hall–Kier alpha value is -2.27. The molecule has 0 spiro atoms. The van der Waals surface area contributed by atoms with Gasteiger partial charge in [-0.25, -0.2) is 0 Å². The molecule has 0 aliphatic heterocycles. The molecule has 0 aromatic heterocycles. The molecule has 0 fully saturated rings. The van der Waals surface area contributed by atoms with Crippen LogP contribution in [-0.4, -0.2) is 36.6 Å². The van der Waals surface area contributed by atoms with E-state index >= 15 is 0 Å². The van der Waals surface area contributed by atoms with E-state index in [2.05, 4.69) is 5.32 Å². The van der Waals surface area contributed by atoms with Gasteiger partial charge >= 0.3 is 0 Å². The number of likely N-dealkylation sites (N-methyl/N-ethyl adjacent to an activating group) is 1. The van der Waals surface area contributed by atoms with Gasteiger partial charge < -0.3 is 10.2 Å². The molecule has 0 atom stereocenters. The van der Waals surface area contributed by atoms with E-state index in [1.165, 1.54) is 4.90 Å². The number of benzene rings is 2. The topological polar surface area (TPSA) is 49.4 Å². The highest BCUT2D eigenvalue weighted by molar-refractivity contribution is 7.98. The highest BCUT2D eigenvalue weighted by Crippen LogP contribution is 2.24. The van der Waals surface area contributed by atoms with Crippen molar-refractivity contribution < 1.29 is 9.59 Å². The zero-order chi connectivity index (χ0) is 16.8. The van der Waals surface area contributed by atoms with Gasteiger partial charge in [0.05, 0.1) is 12.2 Å². The molecule has 1 N–H and O–H groups in total. The van der Waals surface area contributed by atoms with Crippen LogP contribution < -0.4 is 5.32 Å². The van der Waals surface area contributed by atoms with E-state index in [0.29, 0.717) is 5.56 Å². The summed E-state index contributed by atoms with van der Waals surface area (Å²) < 4.78 is 0. The molecule has 0 aliphatic carbocycles. The van der Waals surface area contributed by atoms with E-state index in [0.717, 1.165) is 16.1 Å². The number of nitrogens with zero attached hydrogens (tertiary/aromatic N) is 1. The van der Waals surface area contributed by atoms with Crippen molar-refractivity contribution in [1.82, 2.24) is 4.90 Å². The molecule has 2 amide bonds. The fourth-order valence-electron chi connectivity index (χ4n) is 2.14. The molecular weight excluding hydrogens is 308 g/mol. The van der Waals surface area contributed by atoms with Crippen LogP contribution >= 0.6 is 11.8 Å². The maximum atomic E-state index is 12.3. The quantitative estimate of drug-likeness (QED) is 0.856. The number of para-hydroxylation sites is 1. The van der Waals surface area contributed by atoms with Gasteiger partial charge in [-0.2, -0.15) is 0 Å². The van der Waals surface area contributed by atoms with Crippen LogP contribution in [-0.2, 0) is 4.79 Å². The standard InChI is InChI=1S/C18H20N2O2S/c1-13-8-10-14(11-9-13)18(22)20(2)12-17(21)19-15-6-4-5-7-16(15)23-3/h4-11H,12H2,1-3H3,(H,19,21). The normalized spacial score (nSPS) is 10.2. The SMILES string of the molecule is CSc1ccccc1NC(=O)CN(C)C(=O)c1ccc(C)cc1. The number of carbonyl (C=O) groups is 2. The van der Waals surface area contributed by atoms with Crippen LogP contribution in [0.3, 0.4) is 0 Å². The average Bonchev–Trinajstić information content (AvgIpc) is 2.55. The maximum Gasteiger partial charge on any atom is 0.254 e. The van der Waals surface area contributed by atoms with Crippen LogP contribution in [0.15, 0.2) is 53.4 Å². The Morgan fingerprint density at radius 1 is 1.09 bits per heavy atom. The van der Waals surface area contributed by atoms with E-state index < -0.39 is 0 Å². The third kappa shape index (κ3) is 4.60. The van der Waals surface area contributed by atoms with Gasteiger partial charge in [-0.15, -0.1) is 11.8 Å². The Bertz CT molecular complexity index is 698. The van der Waals surface area contributed by atoms with Crippen molar-refractivity contribution in [2.45, 2.75) is 11.8 Å². The summed E-state index contributed by atoms with van der Waals surface area (Å²) in [6.07, 6.45) is 1.96. The van der Waals surface area contributed by atoms with E-state index in [1.807, 2.05) is 49.6 Å². The molecule has 2 rings (SSSR count). The lowest BCUT2D eigenvalue weighted by Crippen LogP contribution is -2.35. The van der Waals surface area contributed by atoms with Crippen molar-refractivity contribution in [2.24, 2.45) is 0 Å². The second-order valence-electron chi connectivity index (χ2n) is 5.28. The molecule has 0 unspecified atom stereocenters. The van der Waals surface area contributed by atoms with Crippen LogP contribution in [0.5, 0.6) is 0 Å².